The van der Waals surface area contributed by atoms with Crippen LogP contribution in [0.15, 0.2) is 65.6 Å². The van der Waals surface area contributed by atoms with E-state index < -0.39 is 40.2 Å². The Morgan fingerprint density at radius 2 is 1.56 bits per heavy atom. The van der Waals surface area contributed by atoms with Crippen molar-refractivity contribution in [1.82, 2.24) is 10.2 Å². The second kappa shape index (κ2) is 14.8. The van der Waals surface area contributed by atoms with Crippen LogP contribution < -0.4 is 19.1 Å². The Morgan fingerprint density at radius 1 is 0.953 bits per heavy atom. The Hall–Kier alpha value is -3.54. The molecule has 0 aliphatic heterocycles. The lowest BCUT2D eigenvalue weighted by Crippen LogP contribution is -2.52. The Labute approximate surface area is 261 Å². The molecule has 2 atom stereocenters. The number of hydrogen-bond acceptors (Lipinski definition) is 6. The average Bonchev–Trinajstić information content (AvgIpc) is 2.99. The molecule has 0 aliphatic carbocycles. The molecule has 0 saturated heterocycles. The van der Waals surface area contributed by atoms with Gasteiger partial charge in [0.1, 0.15) is 18.4 Å². The largest absolute Gasteiger partial charge is 0.493 e. The number of nitrogens with zero attached hydrogens (tertiary/aromatic N) is 2. The number of methoxy groups -OCH3 is 2. The van der Waals surface area contributed by atoms with E-state index in [-0.39, 0.29) is 39.0 Å². The van der Waals surface area contributed by atoms with Gasteiger partial charge < -0.3 is 19.7 Å². The van der Waals surface area contributed by atoms with Crippen molar-refractivity contribution in [2.75, 3.05) is 25.1 Å². The lowest BCUT2D eigenvalue weighted by Gasteiger charge is -2.33. The number of carbonyl (C=O) groups is 2. The predicted molar refractivity (Wildman–Crippen MR) is 165 cm³/mol. The number of hydrogen-bond donors (Lipinski definition) is 1. The Balaban J connectivity index is 2.10. The second-order valence-electron chi connectivity index (χ2n) is 9.72. The van der Waals surface area contributed by atoms with Crippen molar-refractivity contribution in [3.63, 3.8) is 0 Å². The van der Waals surface area contributed by atoms with Gasteiger partial charge in [0, 0.05) is 34.3 Å². The van der Waals surface area contributed by atoms with Crippen molar-refractivity contribution in [3.8, 4) is 11.5 Å². The van der Waals surface area contributed by atoms with Crippen LogP contribution in [0.1, 0.15) is 32.8 Å². The number of halogens is 3. The van der Waals surface area contributed by atoms with Gasteiger partial charge in [0.15, 0.2) is 11.5 Å². The molecule has 9 nitrogen and oxygen atoms in total. The smallest absolute Gasteiger partial charge is 0.264 e. The molecule has 0 saturated carbocycles. The Bertz CT molecular complexity index is 1540. The van der Waals surface area contributed by atoms with Crippen LogP contribution in [0.4, 0.5) is 10.1 Å². The van der Waals surface area contributed by atoms with Crippen LogP contribution in [0.25, 0.3) is 0 Å². The first kappa shape index (κ1) is 34.0. The van der Waals surface area contributed by atoms with Crippen LogP contribution in [0.5, 0.6) is 11.5 Å². The van der Waals surface area contributed by atoms with E-state index in [1.807, 2.05) is 13.8 Å². The fourth-order valence-electron chi connectivity index (χ4n) is 4.14. The van der Waals surface area contributed by atoms with E-state index in [1.54, 1.807) is 18.2 Å². The van der Waals surface area contributed by atoms with Crippen molar-refractivity contribution in [3.05, 3.63) is 82.1 Å². The molecule has 0 aliphatic rings. The summed E-state index contributed by atoms with van der Waals surface area (Å²) in [6, 6.07) is 12.3. The van der Waals surface area contributed by atoms with Crippen LogP contribution in [0.2, 0.25) is 10.0 Å². The standard InChI is InChI=1S/C30H34Cl2FN3O6S/c1-6-19(2)34-30(38)20(3)35(17-24-25(31)8-7-9-26(24)32)29(37)18-36(22-12-10-21(33)11-13-22)43(39,40)23-14-15-27(41-4)28(16-23)42-5/h7-16,19-20H,6,17-18H2,1-5H3,(H,34,38)/t19-,20+/m1/s1. The van der Waals surface area contributed by atoms with Gasteiger partial charge in [0.2, 0.25) is 11.8 Å². The molecule has 0 spiro atoms. The van der Waals surface area contributed by atoms with E-state index in [1.165, 1.54) is 56.4 Å². The summed E-state index contributed by atoms with van der Waals surface area (Å²) in [4.78, 5) is 28.3. The summed E-state index contributed by atoms with van der Waals surface area (Å²) in [5, 5.41) is 3.40. The Morgan fingerprint density at radius 3 is 2.12 bits per heavy atom. The summed E-state index contributed by atoms with van der Waals surface area (Å²) in [5.74, 6) is -1.31. The number of benzene rings is 3. The number of sulfonamides is 1. The van der Waals surface area contributed by atoms with Gasteiger partial charge in [-0.25, -0.2) is 12.8 Å². The molecule has 2 amide bonds. The van der Waals surface area contributed by atoms with Gasteiger partial charge in [-0.2, -0.15) is 0 Å². The minimum Gasteiger partial charge on any atom is -0.493 e. The highest BCUT2D eigenvalue weighted by molar-refractivity contribution is 7.92. The van der Waals surface area contributed by atoms with Crippen LogP contribution in [0.3, 0.4) is 0 Å². The maximum atomic E-state index is 14.1. The normalized spacial score (nSPS) is 12.7. The first-order chi connectivity index (χ1) is 20.3. The molecule has 0 fully saturated rings. The molecule has 0 heterocycles. The molecule has 1 N–H and O–H groups in total. The van der Waals surface area contributed by atoms with Gasteiger partial charge in [0.05, 0.1) is 24.8 Å². The van der Waals surface area contributed by atoms with Crippen LogP contribution in [0, 0.1) is 5.82 Å². The van der Waals surface area contributed by atoms with Crippen LogP contribution in [-0.2, 0) is 26.2 Å². The SMILES string of the molecule is CC[C@@H](C)NC(=O)[C@H](C)N(Cc1c(Cl)cccc1Cl)C(=O)CN(c1ccc(F)cc1)S(=O)(=O)c1ccc(OC)c(OC)c1. The van der Waals surface area contributed by atoms with Crippen molar-refractivity contribution >= 4 is 50.7 Å². The number of carbonyl (C=O) groups excluding carboxylic acids is 2. The van der Waals surface area contributed by atoms with Gasteiger partial charge in [-0.3, -0.25) is 13.9 Å². The summed E-state index contributed by atoms with van der Waals surface area (Å²) in [6.07, 6.45) is 0.657. The van der Waals surface area contributed by atoms with Gasteiger partial charge in [-0.05, 0) is 68.8 Å². The van der Waals surface area contributed by atoms with E-state index in [2.05, 4.69) is 5.32 Å². The Kier molecular flexibility index (Phi) is 11.7. The number of rotatable bonds is 13. The average molecular weight is 655 g/mol. The first-order valence-electron chi connectivity index (χ1n) is 13.4. The third-order valence-electron chi connectivity index (χ3n) is 6.89. The molecule has 3 aromatic rings. The lowest BCUT2D eigenvalue weighted by atomic mass is 10.1. The van der Waals surface area contributed by atoms with Gasteiger partial charge in [0.25, 0.3) is 10.0 Å². The summed E-state index contributed by atoms with van der Waals surface area (Å²) >= 11 is 12.8. The fourth-order valence-corrected chi connectivity index (χ4v) is 6.09. The van der Waals surface area contributed by atoms with E-state index in [0.717, 1.165) is 16.4 Å². The maximum Gasteiger partial charge on any atom is 0.264 e. The summed E-state index contributed by atoms with van der Waals surface area (Å²) < 4.78 is 53.3. The molecule has 0 bridgehead atoms. The molecular weight excluding hydrogens is 620 g/mol. The summed E-state index contributed by atoms with van der Waals surface area (Å²) in [7, 11) is -1.67. The molecule has 232 valence electrons. The molecule has 3 aromatic carbocycles. The van der Waals surface area contributed by atoms with E-state index in [4.69, 9.17) is 32.7 Å². The zero-order chi connectivity index (χ0) is 31.9. The molecule has 0 unspecified atom stereocenters. The second-order valence-corrected chi connectivity index (χ2v) is 12.4. The quantitative estimate of drug-likeness (QED) is 0.255. The maximum absolute atomic E-state index is 14.1. The minimum atomic E-state index is -4.44. The highest BCUT2D eigenvalue weighted by atomic mass is 35.5. The third kappa shape index (κ3) is 8.10. The van der Waals surface area contributed by atoms with E-state index in [9.17, 15) is 22.4 Å². The predicted octanol–water partition coefficient (Wildman–Crippen LogP) is 5.68. The van der Waals surface area contributed by atoms with Gasteiger partial charge in [-0.1, -0.05) is 36.2 Å². The molecule has 13 heteroatoms. The zero-order valence-electron chi connectivity index (χ0n) is 24.4. The highest BCUT2D eigenvalue weighted by Crippen LogP contribution is 2.33. The summed E-state index contributed by atoms with van der Waals surface area (Å²) in [5.41, 5.74) is 0.412. The van der Waals surface area contributed by atoms with Crippen molar-refractivity contribution in [2.24, 2.45) is 0 Å². The fraction of sp³-hybridized carbons (Fsp3) is 0.333. The van der Waals surface area contributed by atoms with Crippen LogP contribution >= 0.6 is 23.2 Å². The molecular formula is C30H34Cl2FN3O6S. The number of nitrogens with one attached hydrogen (secondary N) is 1. The number of ether oxygens (including phenoxy) is 2. The monoisotopic (exact) mass is 653 g/mol. The molecule has 0 aromatic heterocycles. The minimum absolute atomic E-state index is 0.0250. The van der Waals surface area contributed by atoms with E-state index in [0.29, 0.717) is 17.7 Å². The number of amides is 2. The highest BCUT2D eigenvalue weighted by Gasteiger charge is 2.34. The molecule has 3 rings (SSSR count). The van der Waals surface area contributed by atoms with Crippen LogP contribution in [-0.4, -0.2) is 58.0 Å². The zero-order valence-corrected chi connectivity index (χ0v) is 26.8. The van der Waals surface area contributed by atoms with Crippen molar-refractivity contribution < 1.29 is 31.9 Å². The first-order valence-corrected chi connectivity index (χ1v) is 15.6. The van der Waals surface area contributed by atoms with Gasteiger partial charge in [-0.15, -0.1) is 0 Å². The number of anilines is 1. The van der Waals surface area contributed by atoms with Crippen molar-refractivity contribution in [1.29, 1.82) is 0 Å². The third-order valence-corrected chi connectivity index (χ3v) is 9.37. The molecule has 0 radical (unpaired) electrons. The topological polar surface area (TPSA) is 105 Å². The lowest BCUT2D eigenvalue weighted by molar-refractivity contribution is -0.139. The van der Waals surface area contributed by atoms with E-state index >= 15 is 0 Å². The molecule has 43 heavy (non-hydrogen) atoms. The van der Waals surface area contributed by atoms with Gasteiger partial charge >= 0.3 is 0 Å². The summed E-state index contributed by atoms with van der Waals surface area (Å²) in [6.45, 7) is 4.35. The van der Waals surface area contributed by atoms with Crippen molar-refractivity contribution in [2.45, 2.75) is 50.7 Å².